The Balaban J connectivity index is 3.14. The fraction of sp³-hybridized carbons (Fsp3) is 0.400. The highest BCUT2D eigenvalue weighted by Crippen LogP contribution is 1.76. The molecule has 0 atom stereocenters. The Labute approximate surface area is 42.5 Å². The largest absolute Gasteiger partial charge is 0.550 e. The Morgan fingerprint density at radius 3 is 2.57 bits per heavy atom. The monoisotopic (exact) mass is 99.0 g/mol. The first-order valence-electron chi connectivity index (χ1n) is 2.08. The van der Waals surface area contributed by atoms with Crippen molar-refractivity contribution >= 4 is 5.97 Å². The highest BCUT2D eigenvalue weighted by molar-refractivity contribution is 5.66. The van der Waals surface area contributed by atoms with Gasteiger partial charge in [0.05, 0.1) is 0 Å². The Morgan fingerprint density at radius 2 is 2.43 bits per heavy atom. The molecule has 0 heterocycles. The van der Waals surface area contributed by atoms with E-state index in [0.29, 0.717) is 0 Å². The van der Waals surface area contributed by atoms with Gasteiger partial charge in [-0.15, -0.1) is 0 Å². The smallest absolute Gasteiger partial charge is 0.0452 e. The number of carboxylic acid groups (broad SMARTS) is 1. The van der Waals surface area contributed by atoms with Crippen LogP contribution < -0.4 is 5.11 Å². The van der Waals surface area contributed by atoms with Gasteiger partial charge in [-0.2, -0.15) is 0 Å². The molecule has 0 bridgehead atoms. The minimum atomic E-state index is -1.03. The van der Waals surface area contributed by atoms with Crippen LogP contribution in [0.2, 0.25) is 0 Å². The Kier molecular flexibility index (Phi) is 3.02. The van der Waals surface area contributed by atoms with Crippen molar-refractivity contribution in [3.05, 3.63) is 12.2 Å². The van der Waals surface area contributed by atoms with Crippen LogP contribution in [0.5, 0.6) is 0 Å². The molecule has 40 valence electrons. The van der Waals surface area contributed by atoms with Crippen molar-refractivity contribution in [2.24, 2.45) is 0 Å². The maximum atomic E-state index is 9.60. The van der Waals surface area contributed by atoms with Gasteiger partial charge in [0.1, 0.15) is 0 Å². The van der Waals surface area contributed by atoms with Crippen molar-refractivity contribution in [2.45, 2.75) is 13.3 Å². The number of aliphatic carboxylic acids is 1. The Bertz CT molecular complexity index is 84.1. The summed E-state index contributed by atoms with van der Waals surface area (Å²) in [6, 6.07) is 0. The van der Waals surface area contributed by atoms with E-state index in [2.05, 4.69) is 0 Å². The third kappa shape index (κ3) is 5.21. The summed E-state index contributed by atoms with van der Waals surface area (Å²) in [5.41, 5.74) is 0. The maximum Gasteiger partial charge on any atom is 0.0452 e. The summed E-state index contributed by atoms with van der Waals surface area (Å²) in [6.45, 7) is 1.77. The third-order valence-electron chi connectivity index (χ3n) is 0.520. The van der Waals surface area contributed by atoms with Crippen molar-refractivity contribution in [2.75, 3.05) is 0 Å². The van der Waals surface area contributed by atoms with Gasteiger partial charge in [-0.05, 0) is 6.92 Å². The van der Waals surface area contributed by atoms with Crippen LogP contribution in [0.15, 0.2) is 12.2 Å². The minimum absolute atomic E-state index is 0.0243. The van der Waals surface area contributed by atoms with E-state index in [4.69, 9.17) is 0 Å². The summed E-state index contributed by atoms with van der Waals surface area (Å²) in [5, 5.41) is 9.60. The van der Waals surface area contributed by atoms with E-state index in [1.54, 1.807) is 13.0 Å². The topological polar surface area (TPSA) is 40.1 Å². The lowest BCUT2D eigenvalue weighted by Gasteiger charge is -1.90. The SMILES string of the molecule is C/C=C\CC(=O)[O-]. The second-order valence-electron chi connectivity index (χ2n) is 1.15. The average molecular weight is 99.1 g/mol. The molecule has 0 aromatic heterocycles. The first-order chi connectivity index (χ1) is 3.27. The number of carboxylic acids is 1. The van der Waals surface area contributed by atoms with E-state index in [0.717, 1.165) is 0 Å². The number of hydrogen-bond donors (Lipinski definition) is 0. The van der Waals surface area contributed by atoms with Crippen LogP contribution in [0.25, 0.3) is 0 Å². The molecule has 0 saturated carbocycles. The molecule has 0 fully saturated rings. The average Bonchev–Trinajstić information content (AvgIpc) is 1.61. The van der Waals surface area contributed by atoms with E-state index in [-0.39, 0.29) is 6.42 Å². The van der Waals surface area contributed by atoms with Crippen molar-refractivity contribution in [1.82, 2.24) is 0 Å². The van der Waals surface area contributed by atoms with Gasteiger partial charge in [0.15, 0.2) is 0 Å². The molecule has 0 aliphatic carbocycles. The molecule has 0 aromatic carbocycles. The second-order valence-corrected chi connectivity index (χ2v) is 1.15. The molecule has 2 nitrogen and oxygen atoms in total. The lowest BCUT2D eigenvalue weighted by molar-refractivity contribution is -0.304. The van der Waals surface area contributed by atoms with E-state index >= 15 is 0 Å². The van der Waals surface area contributed by atoms with Gasteiger partial charge < -0.3 is 9.90 Å². The molecule has 0 N–H and O–H groups in total. The van der Waals surface area contributed by atoms with Crippen molar-refractivity contribution in [3.63, 3.8) is 0 Å². The van der Waals surface area contributed by atoms with Gasteiger partial charge in [0.25, 0.3) is 0 Å². The fourth-order valence-corrected chi connectivity index (χ4v) is 0.214. The van der Waals surface area contributed by atoms with Crippen LogP contribution >= 0.6 is 0 Å². The first kappa shape index (κ1) is 6.21. The molecule has 2 heteroatoms. The highest BCUT2D eigenvalue weighted by atomic mass is 16.4. The van der Waals surface area contributed by atoms with E-state index in [1.165, 1.54) is 6.08 Å². The molecule has 0 aliphatic rings. The molecular weight excluding hydrogens is 92.1 g/mol. The van der Waals surface area contributed by atoms with E-state index in [1.807, 2.05) is 0 Å². The summed E-state index contributed by atoms with van der Waals surface area (Å²) in [7, 11) is 0. The molecule has 0 rings (SSSR count). The van der Waals surface area contributed by atoms with Gasteiger partial charge >= 0.3 is 0 Å². The molecule has 0 aromatic rings. The second kappa shape index (κ2) is 3.40. The molecule has 0 radical (unpaired) electrons. The minimum Gasteiger partial charge on any atom is -0.550 e. The number of allylic oxidation sites excluding steroid dienone is 1. The van der Waals surface area contributed by atoms with Crippen LogP contribution in [0.1, 0.15) is 13.3 Å². The lowest BCUT2D eigenvalue weighted by Crippen LogP contribution is -2.20. The molecule has 0 saturated heterocycles. The summed E-state index contributed by atoms with van der Waals surface area (Å²) in [6.07, 6.45) is 3.24. The molecule has 0 unspecified atom stereocenters. The van der Waals surface area contributed by atoms with Gasteiger partial charge in [-0.1, -0.05) is 12.2 Å². The van der Waals surface area contributed by atoms with Gasteiger partial charge in [-0.3, -0.25) is 0 Å². The Morgan fingerprint density at radius 1 is 1.86 bits per heavy atom. The van der Waals surface area contributed by atoms with Gasteiger partial charge in [0, 0.05) is 12.4 Å². The van der Waals surface area contributed by atoms with Crippen LogP contribution in [0, 0.1) is 0 Å². The predicted octanol–water partition coefficient (Wildman–Crippen LogP) is -0.298. The van der Waals surface area contributed by atoms with Crippen LogP contribution in [0.4, 0.5) is 0 Å². The fourth-order valence-electron chi connectivity index (χ4n) is 0.214. The molecule has 0 spiro atoms. The highest BCUT2D eigenvalue weighted by Gasteiger charge is 1.72. The molecule has 7 heavy (non-hydrogen) atoms. The zero-order valence-electron chi connectivity index (χ0n) is 4.18. The number of carbonyl (C=O) groups is 1. The summed E-state index contributed by atoms with van der Waals surface area (Å²) >= 11 is 0. The maximum absolute atomic E-state index is 9.60. The van der Waals surface area contributed by atoms with E-state index in [9.17, 15) is 9.90 Å². The first-order valence-corrected chi connectivity index (χ1v) is 2.08. The zero-order chi connectivity index (χ0) is 5.70. The third-order valence-corrected chi connectivity index (χ3v) is 0.520. The standard InChI is InChI=1S/C5H8O2/c1-2-3-4-5(6)7/h2-3H,4H2,1H3,(H,6,7)/p-1/b3-2-. The van der Waals surface area contributed by atoms with Crippen molar-refractivity contribution in [3.8, 4) is 0 Å². The predicted molar refractivity (Wildman–Crippen MR) is 24.4 cm³/mol. The zero-order valence-corrected chi connectivity index (χ0v) is 4.18. The van der Waals surface area contributed by atoms with E-state index < -0.39 is 5.97 Å². The molecule has 0 amide bonds. The van der Waals surface area contributed by atoms with Crippen LogP contribution in [0.3, 0.4) is 0 Å². The summed E-state index contributed by atoms with van der Waals surface area (Å²) < 4.78 is 0. The molecule has 0 aliphatic heterocycles. The number of hydrogen-bond acceptors (Lipinski definition) is 2. The van der Waals surface area contributed by atoms with Crippen molar-refractivity contribution < 1.29 is 9.90 Å². The van der Waals surface area contributed by atoms with Crippen LogP contribution in [-0.2, 0) is 4.79 Å². The quantitative estimate of drug-likeness (QED) is 0.446. The normalized spacial score (nSPS) is 9.86. The summed E-state index contributed by atoms with van der Waals surface area (Å²) in [5.74, 6) is -1.03. The van der Waals surface area contributed by atoms with Gasteiger partial charge in [-0.25, -0.2) is 0 Å². The van der Waals surface area contributed by atoms with Crippen LogP contribution in [-0.4, -0.2) is 5.97 Å². The summed E-state index contributed by atoms with van der Waals surface area (Å²) in [4.78, 5) is 9.60. The lowest BCUT2D eigenvalue weighted by atomic mass is 10.4. The number of carbonyl (C=O) groups excluding carboxylic acids is 1. The molecular formula is C5H7O2-. The Hall–Kier alpha value is -0.790. The van der Waals surface area contributed by atoms with Crippen molar-refractivity contribution in [1.29, 1.82) is 0 Å². The van der Waals surface area contributed by atoms with Gasteiger partial charge in [0.2, 0.25) is 0 Å². The number of rotatable bonds is 2.